The highest BCUT2D eigenvalue weighted by Gasteiger charge is 2.45. The Bertz CT molecular complexity index is 532. The highest BCUT2D eigenvalue weighted by molar-refractivity contribution is 5.94. The molecule has 1 atom stereocenters. The maximum absolute atomic E-state index is 12.2. The van der Waals surface area contributed by atoms with E-state index in [-0.39, 0.29) is 0 Å². The van der Waals surface area contributed by atoms with Crippen LogP contribution in [-0.4, -0.2) is 41.2 Å². The predicted molar refractivity (Wildman–Crippen MR) is 74.0 cm³/mol. The van der Waals surface area contributed by atoms with Crippen molar-refractivity contribution in [3.8, 4) is 5.75 Å². The fourth-order valence-electron chi connectivity index (χ4n) is 2.40. The normalized spacial score (nSPS) is 21.6. The fourth-order valence-corrected chi connectivity index (χ4v) is 2.40. The average Bonchev–Trinajstić information content (AvgIpc) is 2.82. The van der Waals surface area contributed by atoms with Crippen LogP contribution in [0.5, 0.6) is 5.75 Å². The van der Waals surface area contributed by atoms with Gasteiger partial charge in [-0.2, -0.15) is 0 Å². The number of carboxylic acids is 1. The molecule has 0 aliphatic carbocycles. The third-order valence-corrected chi connectivity index (χ3v) is 3.67. The average molecular weight is 278 g/mol. The first-order valence-corrected chi connectivity index (χ1v) is 6.43. The van der Waals surface area contributed by atoms with Crippen LogP contribution < -0.4 is 10.1 Å². The van der Waals surface area contributed by atoms with E-state index in [4.69, 9.17) is 4.74 Å². The lowest BCUT2D eigenvalue weighted by Gasteiger charge is -2.31. The molecule has 1 aliphatic heterocycles. The molecule has 1 aromatic carbocycles. The minimum Gasteiger partial charge on any atom is -0.497 e. The Morgan fingerprint density at radius 3 is 2.85 bits per heavy atom. The number of urea groups is 1. The van der Waals surface area contributed by atoms with Gasteiger partial charge in [-0.05, 0) is 31.9 Å². The zero-order valence-electron chi connectivity index (χ0n) is 11.5. The molecule has 1 heterocycles. The maximum Gasteiger partial charge on any atom is 0.329 e. The van der Waals surface area contributed by atoms with Gasteiger partial charge in [0.15, 0.2) is 0 Å². The minimum absolute atomic E-state index is 0.402. The van der Waals surface area contributed by atoms with Crippen LogP contribution in [0, 0.1) is 0 Å². The summed E-state index contributed by atoms with van der Waals surface area (Å²) in [6, 6.07) is 6.54. The van der Waals surface area contributed by atoms with Gasteiger partial charge in [-0.3, -0.25) is 0 Å². The first kappa shape index (κ1) is 14.2. The summed E-state index contributed by atoms with van der Waals surface area (Å²) < 4.78 is 5.08. The Hall–Kier alpha value is -2.24. The molecule has 0 saturated carbocycles. The third kappa shape index (κ3) is 2.54. The number of nitrogens with one attached hydrogen (secondary N) is 1. The summed E-state index contributed by atoms with van der Waals surface area (Å²) in [6.07, 6.45) is 1.15. The van der Waals surface area contributed by atoms with Gasteiger partial charge in [-0.25, -0.2) is 9.59 Å². The van der Waals surface area contributed by atoms with Gasteiger partial charge in [-0.15, -0.1) is 0 Å². The number of amides is 2. The van der Waals surface area contributed by atoms with Crippen LogP contribution in [0.4, 0.5) is 10.5 Å². The number of carboxylic acid groups (broad SMARTS) is 1. The summed E-state index contributed by atoms with van der Waals surface area (Å²) >= 11 is 0. The fraction of sp³-hybridized carbons (Fsp3) is 0.429. The van der Waals surface area contributed by atoms with Gasteiger partial charge in [0, 0.05) is 18.3 Å². The Kier molecular flexibility index (Phi) is 3.83. The molecule has 6 nitrogen and oxygen atoms in total. The Balaban J connectivity index is 2.13. The molecule has 20 heavy (non-hydrogen) atoms. The number of carbonyl (C=O) groups excluding carboxylic acids is 1. The minimum atomic E-state index is -1.14. The highest BCUT2D eigenvalue weighted by Crippen LogP contribution is 2.30. The molecule has 0 spiro atoms. The lowest BCUT2D eigenvalue weighted by atomic mass is 10.00. The molecule has 2 rings (SSSR count). The van der Waals surface area contributed by atoms with E-state index in [1.54, 1.807) is 38.3 Å². The SMILES string of the molecule is COc1cccc(NC(=O)N2CCCC2(C)C(=O)O)c1. The second-order valence-corrected chi connectivity index (χ2v) is 5.00. The van der Waals surface area contributed by atoms with Gasteiger partial charge >= 0.3 is 12.0 Å². The molecule has 0 bridgehead atoms. The van der Waals surface area contributed by atoms with Crippen LogP contribution in [0.25, 0.3) is 0 Å². The number of anilines is 1. The zero-order chi connectivity index (χ0) is 14.8. The number of ether oxygens (including phenoxy) is 1. The van der Waals surface area contributed by atoms with Crippen molar-refractivity contribution in [1.29, 1.82) is 0 Å². The van der Waals surface area contributed by atoms with Crippen molar-refractivity contribution in [3.05, 3.63) is 24.3 Å². The summed E-state index contributed by atoms with van der Waals surface area (Å²) in [5, 5.41) is 12.0. The van der Waals surface area contributed by atoms with E-state index in [0.29, 0.717) is 30.8 Å². The molecule has 1 unspecified atom stereocenters. The monoisotopic (exact) mass is 278 g/mol. The first-order chi connectivity index (χ1) is 9.47. The highest BCUT2D eigenvalue weighted by atomic mass is 16.5. The number of hydrogen-bond acceptors (Lipinski definition) is 3. The van der Waals surface area contributed by atoms with Gasteiger partial charge in [0.2, 0.25) is 0 Å². The topological polar surface area (TPSA) is 78.9 Å². The molecule has 108 valence electrons. The standard InChI is InChI=1S/C14H18N2O4/c1-14(12(17)18)7-4-8-16(14)13(19)15-10-5-3-6-11(9-10)20-2/h3,5-6,9H,4,7-8H2,1-2H3,(H,15,19)(H,17,18). The van der Waals surface area contributed by atoms with E-state index in [0.717, 1.165) is 0 Å². The Morgan fingerprint density at radius 1 is 1.45 bits per heavy atom. The molecular weight excluding hydrogens is 260 g/mol. The van der Waals surface area contributed by atoms with Gasteiger partial charge in [0.25, 0.3) is 0 Å². The molecule has 1 aromatic rings. The molecule has 6 heteroatoms. The molecule has 0 aromatic heterocycles. The van der Waals surface area contributed by atoms with E-state index < -0.39 is 17.5 Å². The molecule has 1 saturated heterocycles. The van der Waals surface area contributed by atoms with Crippen molar-refractivity contribution in [2.75, 3.05) is 19.0 Å². The number of benzene rings is 1. The lowest BCUT2D eigenvalue weighted by molar-refractivity contribution is -0.146. The summed E-state index contributed by atoms with van der Waals surface area (Å²) in [7, 11) is 1.54. The third-order valence-electron chi connectivity index (χ3n) is 3.67. The lowest BCUT2D eigenvalue weighted by Crippen LogP contribution is -2.52. The van der Waals surface area contributed by atoms with Crippen molar-refractivity contribution in [1.82, 2.24) is 4.90 Å². The van der Waals surface area contributed by atoms with Crippen LogP contribution in [0.15, 0.2) is 24.3 Å². The summed E-state index contributed by atoms with van der Waals surface area (Å²) in [4.78, 5) is 25.0. The van der Waals surface area contributed by atoms with Gasteiger partial charge in [0.1, 0.15) is 11.3 Å². The van der Waals surface area contributed by atoms with E-state index in [2.05, 4.69) is 5.32 Å². The summed E-state index contributed by atoms with van der Waals surface area (Å²) in [5.74, 6) is -0.346. The summed E-state index contributed by atoms with van der Waals surface area (Å²) in [6.45, 7) is 2.02. The number of aliphatic carboxylic acids is 1. The molecule has 1 aliphatic rings. The van der Waals surface area contributed by atoms with Crippen LogP contribution in [0.2, 0.25) is 0 Å². The van der Waals surface area contributed by atoms with Crippen LogP contribution in [0.1, 0.15) is 19.8 Å². The van der Waals surface area contributed by atoms with E-state index >= 15 is 0 Å². The second kappa shape index (κ2) is 5.40. The van der Waals surface area contributed by atoms with Crippen LogP contribution >= 0.6 is 0 Å². The van der Waals surface area contributed by atoms with Crippen molar-refractivity contribution in [2.24, 2.45) is 0 Å². The number of carbonyl (C=O) groups is 2. The molecule has 2 N–H and O–H groups in total. The first-order valence-electron chi connectivity index (χ1n) is 6.43. The Labute approximate surface area is 117 Å². The maximum atomic E-state index is 12.2. The molecule has 1 fully saturated rings. The van der Waals surface area contributed by atoms with E-state index in [9.17, 15) is 14.7 Å². The van der Waals surface area contributed by atoms with Crippen molar-refractivity contribution >= 4 is 17.7 Å². The van der Waals surface area contributed by atoms with Gasteiger partial charge in [-0.1, -0.05) is 6.07 Å². The van der Waals surface area contributed by atoms with Gasteiger partial charge < -0.3 is 20.1 Å². The van der Waals surface area contributed by atoms with Crippen LogP contribution in [0.3, 0.4) is 0 Å². The van der Waals surface area contributed by atoms with Crippen LogP contribution in [-0.2, 0) is 4.79 Å². The number of likely N-dealkylation sites (tertiary alicyclic amines) is 1. The second-order valence-electron chi connectivity index (χ2n) is 5.00. The zero-order valence-corrected chi connectivity index (χ0v) is 11.5. The number of nitrogens with zero attached hydrogens (tertiary/aromatic N) is 1. The Morgan fingerprint density at radius 2 is 2.20 bits per heavy atom. The molecular formula is C14H18N2O4. The van der Waals surface area contributed by atoms with Crippen molar-refractivity contribution in [2.45, 2.75) is 25.3 Å². The quantitative estimate of drug-likeness (QED) is 0.888. The summed E-state index contributed by atoms with van der Waals surface area (Å²) in [5.41, 5.74) is -0.558. The van der Waals surface area contributed by atoms with Crippen molar-refractivity contribution < 1.29 is 19.4 Å². The van der Waals surface area contributed by atoms with Gasteiger partial charge in [0.05, 0.1) is 7.11 Å². The van der Waals surface area contributed by atoms with E-state index in [1.165, 1.54) is 4.90 Å². The largest absolute Gasteiger partial charge is 0.497 e. The number of hydrogen-bond donors (Lipinski definition) is 2. The molecule has 2 amide bonds. The molecule has 0 radical (unpaired) electrons. The predicted octanol–water partition coefficient (Wildman–Crippen LogP) is 2.17. The number of rotatable bonds is 3. The number of methoxy groups -OCH3 is 1. The van der Waals surface area contributed by atoms with Crippen molar-refractivity contribution in [3.63, 3.8) is 0 Å². The van der Waals surface area contributed by atoms with E-state index in [1.807, 2.05) is 0 Å². The smallest absolute Gasteiger partial charge is 0.329 e.